The summed E-state index contributed by atoms with van der Waals surface area (Å²) in [6, 6.07) is 13.8. The van der Waals surface area contributed by atoms with E-state index in [0.29, 0.717) is 16.7 Å². The largest absolute Gasteiger partial charge is 0.508 e. The number of phenolic OH excluding ortho intramolecular Hbond substituents is 1. The van der Waals surface area contributed by atoms with Crippen molar-refractivity contribution in [2.75, 3.05) is 19.6 Å². The van der Waals surface area contributed by atoms with Gasteiger partial charge in [0.2, 0.25) is 53.2 Å². The SMILES string of the molecule is CC(C)(C)OC(=O)C[C@H](NC(=O)[C@@H]1CCCNC(=O)CCCC(=O)NCCC[C@H](NC(=O)[C@@H](N)Cc2ccc(O)cc2)C(=O)NCC(=O)N[C@@H](Cc2c[nH]c3ccccc23)C(=O)N1)C(=O)N[C@@H](Cc1ccccc1)C(N)=O. The first kappa shape index (κ1) is 59.5. The van der Waals surface area contributed by atoms with Gasteiger partial charge in [0, 0.05) is 55.9 Å². The number of nitrogens with two attached hydrogens (primary N) is 2. The number of carbonyl (C=O) groups is 10. The maximum absolute atomic E-state index is 14.6. The molecule has 4 aromatic rings. The molecule has 0 saturated carbocycles. The highest BCUT2D eigenvalue weighted by Gasteiger charge is 2.34. The minimum Gasteiger partial charge on any atom is -0.508 e. The number of esters is 1. The minimum atomic E-state index is -1.67. The van der Waals surface area contributed by atoms with E-state index in [-0.39, 0.29) is 89.0 Å². The Bertz CT molecular complexity index is 2710. The van der Waals surface area contributed by atoms with Crippen LogP contribution in [-0.2, 0) is 71.9 Å². The number of aromatic hydroxyl groups is 1. The van der Waals surface area contributed by atoms with Crippen LogP contribution in [0.15, 0.2) is 85.1 Å². The van der Waals surface area contributed by atoms with Crippen LogP contribution < -0.4 is 54.0 Å². The van der Waals surface area contributed by atoms with Crippen LogP contribution in [-0.4, -0.2) is 131 Å². The molecule has 5 rings (SSSR count). The zero-order valence-corrected chi connectivity index (χ0v) is 43.5. The summed E-state index contributed by atoms with van der Waals surface area (Å²) < 4.78 is 5.48. The number of hydrogen-bond acceptors (Lipinski definition) is 13. The van der Waals surface area contributed by atoms with Gasteiger partial charge in [-0.15, -0.1) is 0 Å². The monoisotopic (exact) mass is 1070 g/mol. The molecule has 0 radical (unpaired) electrons. The van der Waals surface area contributed by atoms with Gasteiger partial charge in [0.05, 0.1) is 19.0 Å². The number of benzene rings is 3. The van der Waals surface area contributed by atoms with Crippen molar-refractivity contribution in [3.63, 3.8) is 0 Å². The normalized spacial score (nSPS) is 19.1. The average molecular weight is 1070 g/mol. The summed E-state index contributed by atoms with van der Waals surface area (Å²) in [6.45, 7) is 4.27. The molecule has 1 aliphatic rings. The van der Waals surface area contributed by atoms with Gasteiger partial charge in [-0.25, -0.2) is 0 Å². The average Bonchev–Trinajstić information content (AvgIpc) is 3.79. The summed E-state index contributed by atoms with van der Waals surface area (Å²) in [7, 11) is 0. The molecule has 1 fully saturated rings. The van der Waals surface area contributed by atoms with Crippen LogP contribution in [0.5, 0.6) is 5.75 Å². The fourth-order valence-electron chi connectivity index (χ4n) is 8.36. The Kier molecular flexibility index (Phi) is 22.5. The number of carbonyl (C=O) groups excluding carboxylic acids is 10. The molecule has 6 atom stereocenters. The Hall–Kier alpha value is -8.34. The van der Waals surface area contributed by atoms with Crippen LogP contribution in [0, 0.1) is 0 Å². The van der Waals surface area contributed by atoms with Gasteiger partial charge in [0.1, 0.15) is 41.6 Å². The summed E-state index contributed by atoms with van der Waals surface area (Å²) in [5, 5.41) is 31.5. The molecular weight excluding hydrogens is 995 g/mol. The lowest BCUT2D eigenvalue weighted by Gasteiger charge is -2.27. The van der Waals surface area contributed by atoms with Gasteiger partial charge >= 0.3 is 5.97 Å². The Morgan fingerprint density at radius 3 is 2.01 bits per heavy atom. The number of primary amides is 1. The van der Waals surface area contributed by atoms with Crippen LogP contribution in [0.1, 0.15) is 88.8 Å². The van der Waals surface area contributed by atoms with Crippen molar-refractivity contribution in [1.29, 1.82) is 0 Å². The third kappa shape index (κ3) is 20.4. The minimum absolute atomic E-state index is 0.00254. The molecule has 1 saturated heterocycles. The predicted octanol–water partition coefficient (Wildman–Crippen LogP) is -0.0373. The number of phenols is 1. The van der Waals surface area contributed by atoms with Gasteiger partial charge in [-0.1, -0.05) is 60.7 Å². The van der Waals surface area contributed by atoms with E-state index in [2.05, 4.69) is 47.5 Å². The van der Waals surface area contributed by atoms with Crippen LogP contribution >= 0.6 is 0 Å². The highest BCUT2D eigenvalue weighted by Crippen LogP contribution is 2.20. The molecule has 2 heterocycles. The number of rotatable bonds is 15. The van der Waals surface area contributed by atoms with Gasteiger partial charge in [0.15, 0.2) is 0 Å². The summed E-state index contributed by atoms with van der Waals surface area (Å²) in [6.07, 6.45) is 1.14. The first-order valence-corrected chi connectivity index (χ1v) is 25.6. The van der Waals surface area contributed by atoms with E-state index in [1.165, 1.54) is 12.1 Å². The zero-order valence-electron chi connectivity index (χ0n) is 43.5. The number of aromatic nitrogens is 1. The standard InChI is InChI=1S/C54H71N11O12/c1-54(2,3)77-47(70)29-43(53(76)64-41(48(56)71)27-32-12-5-4-6-13-32)65-51(74)40-17-11-25-58-45(68)19-9-18-44(67)57-24-10-16-39(62-49(72)37(55)26-33-20-22-35(66)23-21-33)50(73)60-31-46(69)61-42(52(75)63-40)28-34-30-59-38-15-8-7-14-36(34)38/h4-8,12-15,20-23,30,37,39-43,59,66H,9-11,16-19,24-29,31,55H2,1-3H3,(H2,56,71)(H,57,67)(H,58,68)(H,60,73)(H,61,69)(H,62,72)(H,63,75)(H,64,76)(H,65,74)/t37-,39-,40-,41-,42-,43-/m0/s1. The molecule has 1 aliphatic heterocycles. The van der Waals surface area contributed by atoms with Crippen molar-refractivity contribution in [2.45, 2.75) is 133 Å². The second-order valence-corrected chi connectivity index (χ2v) is 19.8. The van der Waals surface area contributed by atoms with Crippen LogP contribution in [0.3, 0.4) is 0 Å². The summed E-state index contributed by atoms with van der Waals surface area (Å²) in [4.78, 5) is 139. The second-order valence-electron chi connectivity index (χ2n) is 19.8. The van der Waals surface area contributed by atoms with E-state index < -0.39 is 108 Å². The molecule has 0 spiro atoms. The number of amides is 9. The first-order valence-electron chi connectivity index (χ1n) is 25.6. The smallest absolute Gasteiger partial charge is 0.308 e. The molecule has 77 heavy (non-hydrogen) atoms. The number of aromatic amines is 1. The molecule has 9 amide bonds. The van der Waals surface area contributed by atoms with E-state index in [9.17, 15) is 53.1 Å². The van der Waals surface area contributed by atoms with Crippen molar-refractivity contribution < 1.29 is 57.8 Å². The van der Waals surface area contributed by atoms with Crippen molar-refractivity contribution in [1.82, 2.24) is 47.5 Å². The van der Waals surface area contributed by atoms with Crippen LogP contribution in [0.4, 0.5) is 0 Å². The third-order valence-corrected chi connectivity index (χ3v) is 12.3. The molecule has 0 aliphatic carbocycles. The molecule has 14 N–H and O–H groups in total. The summed E-state index contributed by atoms with van der Waals surface area (Å²) in [5.74, 6) is -7.60. The Morgan fingerprint density at radius 2 is 1.35 bits per heavy atom. The van der Waals surface area contributed by atoms with Crippen molar-refractivity contribution in [3.05, 3.63) is 102 Å². The Balaban J connectivity index is 1.42. The third-order valence-electron chi connectivity index (χ3n) is 12.3. The highest BCUT2D eigenvalue weighted by atomic mass is 16.6. The molecule has 23 nitrogen and oxygen atoms in total. The van der Waals surface area contributed by atoms with Gasteiger partial charge in [0.25, 0.3) is 0 Å². The zero-order chi connectivity index (χ0) is 56.1. The lowest BCUT2D eigenvalue weighted by atomic mass is 10.0. The molecule has 414 valence electrons. The maximum atomic E-state index is 14.6. The number of ether oxygens (including phenoxy) is 1. The fraction of sp³-hybridized carbons (Fsp3) is 0.444. The Labute approximate surface area is 445 Å². The van der Waals surface area contributed by atoms with Crippen molar-refractivity contribution in [3.8, 4) is 5.75 Å². The van der Waals surface area contributed by atoms with E-state index >= 15 is 0 Å². The highest BCUT2D eigenvalue weighted by molar-refractivity contribution is 5.98. The number of para-hydroxylation sites is 1. The molecular formula is C54H71N11O12. The number of fused-ring (bicyclic) bond motifs is 1. The van der Waals surface area contributed by atoms with Crippen LogP contribution in [0.2, 0.25) is 0 Å². The maximum Gasteiger partial charge on any atom is 0.308 e. The predicted molar refractivity (Wildman–Crippen MR) is 283 cm³/mol. The van der Waals surface area contributed by atoms with Crippen LogP contribution in [0.25, 0.3) is 10.9 Å². The Morgan fingerprint density at radius 1 is 0.714 bits per heavy atom. The van der Waals surface area contributed by atoms with E-state index in [4.69, 9.17) is 16.2 Å². The topological polar surface area (TPSA) is 364 Å². The van der Waals surface area contributed by atoms with Gasteiger partial charge < -0.3 is 68.8 Å². The van der Waals surface area contributed by atoms with E-state index in [0.717, 1.165) is 10.9 Å². The number of hydrogen-bond donors (Lipinski definition) is 12. The number of nitrogens with one attached hydrogen (secondary N) is 9. The molecule has 0 unspecified atom stereocenters. The van der Waals surface area contributed by atoms with Crippen molar-refractivity contribution >= 4 is 70.0 Å². The number of H-pyrrole nitrogens is 1. The molecule has 23 heteroatoms. The summed E-state index contributed by atoms with van der Waals surface area (Å²) in [5.41, 5.74) is 13.5. The lowest BCUT2D eigenvalue weighted by Crippen LogP contribution is -2.59. The van der Waals surface area contributed by atoms with Gasteiger partial charge in [-0.2, -0.15) is 0 Å². The summed E-state index contributed by atoms with van der Waals surface area (Å²) >= 11 is 0. The second kappa shape index (κ2) is 29.1. The van der Waals surface area contributed by atoms with Gasteiger partial charge in [-0.3, -0.25) is 47.9 Å². The lowest BCUT2D eigenvalue weighted by molar-refractivity contribution is -0.156. The van der Waals surface area contributed by atoms with Crippen molar-refractivity contribution in [2.24, 2.45) is 11.5 Å². The first-order chi connectivity index (χ1) is 36.6. The molecule has 0 bridgehead atoms. The van der Waals surface area contributed by atoms with E-state index in [1.807, 2.05) is 6.07 Å². The van der Waals surface area contributed by atoms with E-state index in [1.54, 1.807) is 87.6 Å². The van der Waals surface area contributed by atoms with Gasteiger partial charge in [-0.05, 0) is 94.2 Å². The quantitative estimate of drug-likeness (QED) is 0.0697. The molecule has 1 aromatic heterocycles. The fourth-order valence-corrected chi connectivity index (χ4v) is 8.36. The molecule has 3 aromatic carbocycles.